The minimum atomic E-state index is 0.269. The normalized spacial score (nSPS) is 18.1. The Morgan fingerprint density at radius 2 is 2.20 bits per heavy atom. The SMILES string of the molecule is Cc1cccc(CN(C)C2(CN)CC2)n1. The maximum absolute atomic E-state index is 5.79. The molecule has 1 heterocycles. The predicted octanol–water partition coefficient (Wildman–Crippen LogP) is 1.31. The van der Waals surface area contributed by atoms with Gasteiger partial charge in [-0.15, -0.1) is 0 Å². The van der Waals surface area contributed by atoms with Crippen LogP contribution in [0.25, 0.3) is 0 Å². The van der Waals surface area contributed by atoms with Gasteiger partial charge in [0.15, 0.2) is 0 Å². The zero-order chi connectivity index (χ0) is 10.9. The van der Waals surface area contributed by atoms with Gasteiger partial charge in [-0.2, -0.15) is 0 Å². The van der Waals surface area contributed by atoms with Crippen LogP contribution in [0.2, 0.25) is 0 Å². The van der Waals surface area contributed by atoms with Gasteiger partial charge in [0.2, 0.25) is 0 Å². The lowest BCUT2D eigenvalue weighted by Crippen LogP contribution is -2.39. The van der Waals surface area contributed by atoms with Gasteiger partial charge >= 0.3 is 0 Å². The molecule has 0 saturated heterocycles. The van der Waals surface area contributed by atoms with Gasteiger partial charge in [-0.3, -0.25) is 9.88 Å². The van der Waals surface area contributed by atoms with E-state index in [0.717, 1.165) is 24.5 Å². The first-order valence-corrected chi connectivity index (χ1v) is 5.50. The van der Waals surface area contributed by atoms with E-state index in [9.17, 15) is 0 Å². The Bertz CT molecular complexity index is 344. The molecule has 0 bridgehead atoms. The summed E-state index contributed by atoms with van der Waals surface area (Å²) in [5.41, 5.74) is 8.28. The van der Waals surface area contributed by atoms with E-state index in [4.69, 9.17) is 5.73 Å². The van der Waals surface area contributed by atoms with Crippen molar-refractivity contribution in [3.8, 4) is 0 Å². The first kappa shape index (κ1) is 10.6. The third kappa shape index (κ3) is 2.19. The molecular formula is C12H19N3. The van der Waals surface area contributed by atoms with Crippen molar-refractivity contribution >= 4 is 0 Å². The number of likely N-dealkylation sites (N-methyl/N-ethyl adjacent to an activating group) is 1. The molecule has 0 atom stereocenters. The van der Waals surface area contributed by atoms with Gasteiger partial charge in [0.1, 0.15) is 0 Å². The van der Waals surface area contributed by atoms with Crippen molar-refractivity contribution in [1.82, 2.24) is 9.88 Å². The summed E-state index contributed by atoms with van der Waals surface area (Å²) in [7, 11) is 2.14. The number of nitrogens with two attached hydrogens (primary N) is 1. The van der Waals surface area contributed by atoms with Crippen molar-refractivity contribution in [2.45, 2.75) is 31.8 Å². The van der Waals surface area contributed by atoms with Crippen LogP contribution in [0, 0.1) is 6.92 Å². The molecule has 2 rings (SSSR count). The Morgan fingerprint density at radius 3 is 2.73 bits per heavy atom. The Hall–Kier alpha value is -0.930. The number of aryl methyl sites for hydroxylation is 1. The van der Waals surface area contributed by atoms with Crippen LogP contribution in [-0.2, 0) is 6.54 Å². The van der Waals surface area contributed by atoms with Crippen molar-refractivity contribution in [3.63, 3.8) is 0 Å². The fourth-order valence-electron chi connectivity index (χ4n) is 1.98. The zero-order valence-electron chi connectivity index (χ0n) is 9.53. The van der Waals surface area contributed by atoms with Crippen LogP contribution in [-0.4, -0.2) is 29.0 Å². The molecule has 0 aliphatic heterocycles. The summed E-state index contributed by atoms with van der Waals surface area (Å²) in [6.07, 6.45) is 2.46. The molecule has 1 saturated carbocycles. The van der Waals surface area contributed by atoms with E-state index in [2.05, 4.69) is 29.1 Å². The topological polar surface area (TPSA) is 42.1 Å². The predicted molar refractivity (Wildman–Crippen MR) is 61.5 cm³/mol. The van der Waals surface area contributed by atoms with Crippen molar-refractivity contribution in [1.29, 1.82) is 0 Å². The Labute approximate surface area is 91.3 Å². The molecule has 3 nitrogen and oxygen atoms in total. The summed E-state index contributed by atoms with van der Waals surface area (Å²) < 4.78 is 0. The van der Waals surface area contributed by atoms with Crippen LogP contribution in [0.4, 0.5) is 0 Å². The second kappa shape index (κ2) is 3.91. The molecule has 2 N–H and O–H groups in total. The monoisotopic (exact) mass is 205 g/mol. The molecule has 1 aromatic rings. The summed E-state index contributed by atoms with van der Waals surface area (Å²) in [6.45, 7) is 3.69. The summed E-state index contributed by atoms with van der Waals surface area (Å²) >= 11 is 0. The standard InChI is InChI=1S/C12H19N3/c1-10-4-3-5-11(14-10)8-15(2)12(9-13)6-7-12/h3-5H,6-9,13H2,1-2H3. The van der Waals surface area contributed by atoms with Gasteiger partial charge in [0, 0.05) is 24.3 Å². The molecule has 0 radical (unpaired) electrons. The highest BCUT2D eigenvalue weighted by molar-refractivity contribution is 5.12. The fourth-order valence-corrected chi connectivity index (χ4v) is 1.98. The summed E-state index contributed by atoms with van der Waals surface area (Å²) in [6, 6.07) is 6.17. The number of nitrogens with zero attached hydrogens (tertiary/aromatic N) is 2. The number of pyridine rings is 1. The molecule has 15 heavy (non-hydrogen) atoms. The highest BCUT2D eigenvalue weighted by atomic mass is 15.2. The summed E-state index contributed by atoms with van der Waals surface area (Å²) in [5, 5.41) is 0. The molecule has 1 aliphatic carbocycles. The third-order valence-electron chi connectivity index (χ3n) is 3.36. The quantitative estimate of drug-likeness (QED) is 0.806. The van der Waals surface area contributed by atoms with E-state index < -0.39 is 0 Å². The second-order valence-electron chi connectivity index (χ2n) is 4.55. The lowest BCUT2D eigenvalue weighted by atomic mass is 10.2. The summed E-state index contributed by atoms with van der Waals surface area (Å²) in [5.74, 6) is 0. The molecule has 0 unspecified atom stereocenters. The first-order valence-electron chi connectivity index (χ1n) is 5.50. The van der Waals surface area contributed by atoms with Crippen molar-refractivity contribution in [2.75, 3.05) is 13.6 Å². The van der Waals surface area contributed by atoms with Crippen LogP contribution in [0.3, 0.4) is 0 Å². The van der Waals surface area contributed by atoms with E-state index in [-0.39, 0.29) is 5.54 Å². The van der Waals surface area contributed by atoms with E-state index in [1.165, 1.54) is 12.8 Å². The maximum Gasteiger partial charge on any atom is 0.0547 e. The highest BCUT2D eigenvalue weighted by Crippen LogP contribution is 2.40. The number of hydrogen-bond acceptors (Lipinski definition) is 3. The lowest BCUT2D eigenvalue weighted by molar-refractivity contribution is 0.216. The van der Waals surface area contributed by atoms with Gasteiger partial charge in [-0.25, -0.2) is 0 Å². The highest BCUT2D eigenvalue weighted by Gasteiger charge is 2.44. The van der Waals surface area contributed by atoms with Gasteiger partial charge in [-0.05, 0) is 38.9 Å². The molecule has 0 amide bonds. The third-order valence-corrected chi connectivity index (χ3v) is 3.36. The van der Waals surface area contributed by atoms with E-state index >= 15 is 0 Å². The van der Waals surface area contributed by atoms with Gasteiger partial charge in [0.05, 0.1) is 5.69 Å². The van der Waals surface area contributed by atoms with Crippen molar-refractivity contribution in [3.05, 3.63) is 29.6 Å². The molecule has 1 fully saturated rings. The molecule has 0 aromatic carbocycles. The Morgan fingerprint density at radius 1 is 1.47 bits per heavy atom. The lowest BCUT2D eigenvalue weighted by Gasteiger charge is -2.26. The van der Waals surface area contributed by atoms with Crippen molar-refractivity contribution in [2.24, 2.45) is 5.73 Å². The smallest absolute Gasteiger partial charge is 0.0547 e. The number of aromatic nitrogens is 1. The van der Waals surface area contributed by atoms with Gasteiger partial charge < -0.3 is 5.73 Å². The van der Waals surface area contributed by atoms with Crippen LogP contribution in [0.5, 0.6) is 0 Å². The molecule has 3 heteroatoms. The minimum absolute atomic E-state index is 0.269. The zero-order valence-corrected chi connectivity index (χ0v) is 9.53. The average molecular weight is 205 g/mol. The minimum Gasteiger partial charge on any atom is -0.329 e. The number of rotatable bonds is 4. The van der Waals surface area contributed by atoms with E-state index in [0.29, 0.717) is 0 Å². The van der Waals surface area contributed by atoms with Gasteiger partial charge in [-0.1, -0.05) is 6.07 Å². The number of hydrogen-bond donors (Lipinski definition) is 1. The summed E-state index contributed by atoms with van der Waals surface area (Å²) in [4.78, 5) is 6.85. The van der Waals surface area contributed by atoms with Crippen LogP contribution >= 0.6 is 0 Å². The van der Waals surface area contributed by atoms with Crippen LogP contribution in [0.1, 0.15) is 24.2 Å². The van der Waals surface area contributed by atoms with E-state index in [1.54, 1.807) is 0 Å². The molecule has 1 aromatic heterocycles. The Kier molecular flexibility index (Phi) is 2.76. The van der Waals surface area contributed by atoms with E-state index in [1.807, 2.05) is 13.0 Å². The van der Waals surface area contributed by atoms with Gasteiger partial charge in [0.25, 0.3) is 0 Å². The average Bonchev–Trinajstić information content (AvgIpc) is 2.98. The second-order valence-corrected chi connectivity index (χ2v) is 4.55. The van der Waals surface area contributed by atoms with Crippen molar-refractivity contribution < 1.29 is 0 Å². The Balaban J connectivity index is 2.03. The largest absolute Gasteiger partial charge is 0.329 e. The van der Waals surface area contributed by atoms with Crippen LogP contribution < -0.4 is 5.73 Å². The maximum atomic E-state index is 5.79. The van der Waals surface area contributed by atoms with Crippen LogP contribution in [0.15, 0.2) is 18.2 Å². The first-order chi connectivity index (χ1) is 7.16. The molecule has 82 valence electrons. The molecule has 1 aliphatic rings. The molecule has 0 spiro atoms. The fraction of sp³-hybridized carbons (Fsp3) is 0.583. The molecular weight excluding hydrogens is 186 g/mol.